The van der Waals surface area contributed by atoms with E-state index in [1.165, 1.54) is 6.42 Å². The molecule has 2 bridgehead atoms. The fraction of sp³-hybridized carbons (Fsp3) is 0.704. The molecule has 3 atom stereocenters. The van der Waals surface area contributed by atoms with Crippen LogP contribution in [-0.4, -0.2) is 71.6 Å². The highest BCUT2D eigenvalue weighted by Gasteiger charge is 2.51. The van der Waals surface area contributed by atoms with Gasteiger partial charge in [-0.25, -0.2) is 0 Å². The molecule has 3 aliphatic heterocycles. The van der Waals surface area contributed by atoms with Crippen molar-refractivity contribution in [3.05, 3.63) is 29.8 Å². The van der Waals surface area contributed by atoms with Gasteiger partial charge in [-0.05, 0) is 73.6 Å². The smallest absolute Gasteiger partial charge is 0.254 e. The number of carbonyl (C=O) groups excluding carboxylic acids is 2. The lowest BCUT2D eigenvalue weighted by Crippen LogP contribution is -2.43. The average Bonchev–Trinajstić information content (AvgIpc) is 3.35. The lowest BCUT2D eigenvalue weighted by Gasteiger charge is -2.39. The molecule has 1 saturated carbocycles. The van der Waals surface area contributed by atoms with E-state index in [0.717, 1.165) is 50.1 Å². The number of benzene rings is 1. The number of fused-ring (bicyclic) bond motifs is 2. The van der Waals surface area contributed by atoms with Gasteiger partial charge in [-0.3, -0.25) is 9.59 Å². The largest absolute Gasteiger partial charge is 0.393 e. The summed E-state index contributed by atoms with van der Waals surface area (Å²) in [7, 11) is 0. The van der Waals surface area contributed by atoms with Crippen molar-refractivity contribution in [2.45, 2.75) is 71.4 Å². The first kappa shape index (κ1) is 22.7. The summed E-state index contributed by atoms with van der Waals surface area (Å²) in [6, 6.07) is 8.38. The number of likely N-dealkylation sites (tertiary alicyclic amines) is 2. The fourth-order valence-electron chi connectivity index (χ4n) is 7.22. The van der Waals surface area contributed by atoms with Crippen molar-refractivity contribution in [1.29, 1.82) is 0 Å². The number of amides is 2. The van der Waals surface area contributed by atoms with Gasteiger partial charge in [-0.2, -0.15) is 0 Å². The van der Waals surface area contributed by atoms with Crippen LogP contribution in [0.3, 0.4) is 0 Å². The van der Waals surface area contributed by atoms with Gasteiger partial charge in [0.2, 0.25) is 5.91 Å². The number of nitrogens with zero attached hydrogens (tertiary/aromatic N) is 3. The van der Waals surface area contributed by atoms with Crippen LogP contribution in [0.25, 0.3) is 0 Å². The van der Waals surface area contributed by atoms with Crippen LogP contribution in [-0.2, 0) is 4.79 Å². The van der Waals surface area contributed by atoms with Gasteiger partial charge >= 0.3 is 0 Å². The van der Waals surface area contributed by atoms with Gasteiger partial charge in [-0.15, -0.1) is 0 Å². The normalized spacial score (nSPS) is 31.8. The minimum absolute atomic E-state index is 0.0227. The van der Waals surface area contributed by atoms with Crippen LogP contribution in [0.5, 0.6) is 0 Å². The van der Waals surface area contributed by atoms with E-state index in [2.05, 4.69) is 30.6 Å². The van der Waals surface area contributed by atoms with E-state index >= 15 is 0 Å². The van der Waals surface area contributed by atoms with Crippen LogP contribution >= 0.6 is 0 Å². The summed E-state index contributed by atoms with van der Waals surface area (Å²) in [6.45, 7) is 10.8. The van der Waals surface area contributed by atoms with Crippen LogP contribution in [0.15, 0.2) is 24.3 Å². The lowest BCUT2D eigenvalue weighted by atomic mass is 9.65. The van der Waals surface area contributed by atoms with Gasteiger partial charge in [0.25, 0.3) is 5.91 Å². The molecule has 0 spiro atoms. The zero-order valence-corrected chi connectivity index (χ0v) is 20.4. The average molecular weight is 454 g/mol. The Hall–Kier alpha value is -2.08. The van der Waals surface area contributed by atoms with Crippen LogP contribution in [0, 0.1) is 16.7 Å². The minimum atomic E-state index is -0.259. The molecule has 3 unspecified atom stereocenters. The molecular weight excluding hydrogens is 414 g/mol. The molecule has 6 heteroatoms. The number of piperidine rings is 1. The highest BCUT2D eigenvalue weighted by atomic mass is 16.3. The third-order valence-electron chi connectivity index (χ3n) is 8.47. The van der Waals surface area contributed by atoms with Gasteiger partial charge < -0.3 is 19.8 Å². The van der Waals surface area contributed by atoms with E-state index < -0.39 is 0 Å². The van der Waals surface area contributed by atoms with E-state index in [0.29, 0.717) is 37.4 Å². The second kappa shape index (κ2) is 8.30. The van der Waals surface area contributed by atoms with E-state index in [-0.39, 0.29) is 29.3 Å². The zero-order valence-electron chi connectivity index (χ0n) is 20.4. The molecule has 5 rings (SSSR count). The van der Waals surface area contributed by atoms with Gasteiger partial charge in [0, 0.05) is 50.0 Å². The first-order valence-corrected chi connectivity index (χ1v) is 12.8. The molecule has 1 aromatic rings. The molecule has 3 saturated heterocycles. The number of anilines is 1. The molecule has 0 radical (unpaired) electrons. The van der Waals surface area contributed by atoms with E-state index in [9.17, 15) is 14.7 Å². The molecule has 4 fully saturated rings. The summed E-state index contributed by atoms with van der Waals surface area (Å²) in [5.41, 5.74) is 2.40. The van der Waals surface area contributed by atoms with Crippen LogP contribution in [0.1, 0.15) is 69.7 Å². The predicted molar refractivity (Wildman–Crippen MR) is 129 cm³/mol. The number of hydrogen-bond acceptors (Lipinski definition) is 4. The van der Waals surface area contributed by atoms with Gasteiger partial charge in [0.1, 0.15) is 0 Å². The Kier molecular flexibility index (Phi) is 5.71. The summed E-state index contributed by atoms with van der Waals surface area (Å²) in [5.74, 6) is 0.414. The van der Waals surface area contributed by atoms with Crippen molar-refractivity contribution < 1.29 is 14.7 Å². The van der Waals surface area contributed by atoms with Crippen molar-refractivity contribution in [2.24, 2.45) is 16.7 Å². The second-order valence-corrected chi connectivity index (χ2v) is 12.2. The number of aliphatic hydroxyl groups is 1. The Bertz CT molecular complexity index is 906. The Balaban J connectivity index is 1.21. The van der Waals surface area contributed by atoms with Crippen molar-refractivity contribution in [3.8, 4) is 0 Å². The molecule has 2 amide bonds. The van der Waals surface area contributed by atoms with Crippen molar-refractivity contribution in [1.82, 2.24) is 9.80 Å². The first-order chi connectivity index (χ1) is 15.6. The van der Waals surface area contributed by atoms with Crippen LogP contribution in [0.2, 0.25) is 0 Å². The Labute approximate surface area is 197 Å². The monoisotopic (exact) mass is 453 g/mol. The van der Waals surface area contributed by atoms with Crippen LogP contribution in [0.4, 0.5) is 5.69 Å². The first-order valence-electron chi connectivity index (χ1n) is 12.8. The lowest BCUT2D eigenvalue weighted by molar-refractivity contribution is -0.136. The number of carbonyl (C=O) groups is 2. The molecule has 0 aromatic heterocycles. The van der Waals surface area contributed by atoms with Gasteiger partial charge in [0.05, 0.1) is 12.0 Å². The molecule has 1 N–H and O–H groups in total. The topological polar surface area (TPSA) is 64.1 Å². The van der Waals surface area contributed by atoms with Crippen molar-refractivity contribution in [2.75, 3.05) is 37.6 Å². The number of aliphatic hydroxyl groups excluding tert-OH is 1. The third kappa shape index (κ3) is 4.51. The minimum Gasteiger partial charge on any atom is -0.393 e. The summed E-state index contributed by atoms with van der Waals surface area (Å²) < 4.78 is 0. The zero-order chi connectivity index (χ0) is 23.4. The molecule has 180 valence electrons. The molecular formula is C27H39N3O3. The Morgan fingerprint density at radius 3 is 2.36 bits per heavy atom. The second-order valence-electron chi connectivity index (χ2n) is 12.2. The predicted octanol–water partition coefficient (Wildman–Crippen LogP) is 3.54. The quantitative estimate of drug-likeness (QED) is 0.760. The molecule has 6 nitrogen and oxygen atoms in total. The SMILES string of the molecule is CC1(C)CC2CC(C)(CN2C(=O)c2ccc(N3CCC(C(=O)N4CCC(O)CC4)C3)cc2)C1. The molecule has 1 aliphatic carbocycles. The van der Waals surface area contributed by atoms with Gasteiger partial charge in [0.15, 0.2) is 0 Å². The maximum absolute atomic E-state index is 13.4. The van der Waals surface area contributed by atoms with Crippen molar-refractivity contribution >= 4 is 17.5 Å². The maximum atomic E-state index is 13.4. The highest BCUT2D eigenvalue weighted by molar-refractivity contribution is 5.95. The molecule has 33 heavy (non-hydrogen) atoms. The maximum Gasteiger partial charge on any atom is 0.254 e. The van der Waals surface area contributed by atoms with Crippen LogP contribution < -0.4 is 4.90 Å². The number of rotatable bonds is 3. The van der Waals surface area contributed by atoms with E-state index in [4.69, 9.17) is 0 Å². The highest BCUT2D eigenvalue weighted by Crippen LogP contribution is 2.52. The Morgan fingerprint density at radius 2 is 1.67 bits per heavy atom. The summed E-state index contributed by atoms with van der Waals surface area (Å²) in [6.07, 6.45) is 5.38. The molecule has 4 aliphatic rings. The summed E-state index contributed by atoms with van der Waals surface area (Å²) >= 11 is 0. The standard InChI is InChI=1S/C27H39N3O3/c1-26(2)14-22-15-27(3,17-26)18-30(22)25(33)19-4-6-21(7-5-19)29-11-8-20(16-29)24(32)28-12-9-23(31)10-13-28/h4-7,20,22-23,31H,8-18H2,1-3H3. The van der Waals surface area contributed by atoms with Crippen molar-refractivity contribution in [3.63, 3.8) is 0 Å². The van der Waals surface area contributed by atoms with E-state index in [1.807, 2.05) is 29.2 Å². The summed E-state index contributed by atoms with van der Waals surface area (Å²) in [5, 5.41) is 9.70. The van der Waals surface area contributed by atoms with Gasteiger partial charge in [-0.1, -0.05) is 20.8 Å². The van der Waals surface area contributed by atoms with E-state index in [1.54, 1.807) is 0 Å². The molecule has 1 aromatic carbocycles. The Morgan fingerprint density at radius 1 is 0.970 bits per heavy atom. The summed E-state index contributed by atoms with van der Waals surface area (Å²) in [4.78, 5) is 32.6. The fourth-order valence-corrected chi connectivity index (χ4v) is 7.22. The number of hydrogen-bond donors (Lipinski definition) is 1. The third-order valence-corrected chi connectivity index (χ3v) is 8.47. The molecule has 3 heterocycles.